The van der Waals surface area contributed by atoms with Gasteiger partial charge in [0.05, 0.1) is 17.5 Å². The topological polar surface area (TPSA) is 78.0 Å². The number of hydrogen-bond donors (Lipinski definition) is 2. The largest absolute Gasteiger partial charge is 0.473 e. The van der Waals surface area contributed by atoms with Crippen LogP contribution in [0.2, 0.25) is 0 Å². The molecule has 2 heterocycles. The highest BCUT2D eigenvalue weighted by Gasteiger charge is 2.10. The molecule has 0 aliphatic carbocycles. The highest BCUT2D eigenvalue weighted by atomic mass is 16.5. The Morgan fingerprint density at radius 3 is 2.62 bits per heavy atom. The maximum atomic E-state index is 5.87. The van der Waals surface area contributed by atoms with Crippen LogP contribution in [0.4, 0.5) is 11.5 Å². The van der Waals surface area contributed by atoms with Crippen LogP contribution < -0.4 is 15.8 Å². The van der Waals surface area contributed by atoms with Crippen LogP contribution in [0.5, 0.6) is 5.88 Å². The lowest BCUT2D eigenvalue weighted by Gasteiger charge is -2.13. The molecule has 0 saturated heterocycles. The van der Waals surface area contributed by atoms with E-state index in [0.717, 1.165) is 17.2 Å². The number of nitrogens with one attached hydrogen (secondary N) is 1. The van der Waals surface area contributed by atoms with Gasteiger partial charge in [0.15, 0.2) is 0 Å². The van der Waals surface area contributed by atoms with Gasteiger partial charge in [-0.15, -0.1) is 0 Å². The maximum Gasteiger partial charge on any atom is 0.239 e. The Hall–Kier alpha value is -2.24. The van der Waals surface area contributed by atoms with Crippen LogP contribution >= 0.6 is 0 Å². The molecule has 0 aliphatic rings. The van der Waals surface area contributed by atoms with Gasteiger partial charge in [-0.2, -0.15) is 10.1 Å². The van der Waals surface area contributed by atoms with Crippen LogP contribution in [0.25, 0.3) is 0 Å². The third kappa shape index (κ3) is 3.45. The second kappa shape index (κ2) is 6.03. The summed E-state index contributed by atoms with van der Waals surface area (Å²) in [5.41, 5.74) is 9.77. The van der Waals surface area contributed by atoms with Gasteiger partial charge >= 0.3 is 0 Å². The number of aromatic nitrogens is 3. The second-order valence-electron chi connectivity index (χ2n) is 5.38. The highest BCUT2D eigenvalue weighted by Crippen LogP contribution is 2.22. The molecule has 21 heavy (non-hydrogen) atoms. The van der Waals surface area contributed by atoms with Crippen molar-refractivity contribution in [2.45, 2.75) is 40.3 Å². The fourth-order valence-electron chi connectivity index (χ4n) is 2.12. The molecule has 0 aliphatic heterocycles. The summed E-state index contributed by atoms with van der Waals surface area (Å²) in [5, 5.41) is 7.70. The van der Waals surface area contributed by atoms with Crippen molar-refractivity contribution in [2.75, 3.05) is 11.1 Å². The third-order valence-corrected chi connectivity index (χ3v) is 3.34. The number of ether oxygens (including phenoxy) is 1. The summed E-state index contributed by atoms with van der Waals surface area (Å²) >= 11 is 0. The fourth-order valence-corrected chi connectivity index (χ4v) is 2.12. The van der Waals surface area contributed by atoms with E-state index in [4.69, 9.17) is 10.5 Å². The standard InChI is InChI=1S/C15H23N5O/c1-9(2)21-15-13(16)6-7-14(18-15)17-8-12-10(3)19-20(5)11(12)4/h6-7,9H,8,16H2,1-5H3,(H,17,18). The van der Waals surface area contributed by atoms with Crippen molar-refractivity contribution in [1.82, 2.24) is 14.8 Å². The number of rotatable bonds is 5. The molecule has 0 aromatic carbocycles. The molecular formula is C15H23N5O. The number of nitrogens with zero attached hydrogens (tertiary/aromatic N) is 3. The monoisotopic (exact) mass is 289 g/mol. The summed E-state index contributed by atoms with van der Waals surface area (Å²) in [6.07, 6.45) is 0.0397. The Morgan fingerprint density at radius 1 is 1.33 bits per heavy atom. The molecule has 6 heteroatoms. The zero-order valence-corrected chi connectivity index (χ0v) is 13.3. The first-order chi connectivity index (χ1) is 9.88. The molecule has 2 aromatic heterocycles. The number of nitrogens with two attached hydrogens (primary N) is 1. The van der Waals surface area contributed by atoms with Crippen LogP contribution in [0.1, 0.15) is 30.8 Å². The van der Waals surface area contributed by atoms with Crippen molar-refractivity contribution in [3.63, 3.8) is 0 Å². The molecule has 0 bridgehead atoms. The molecule has 6 nitrogen and oxygen atoms in total. The molecule has 0 saturated carbocycles. The van der Waals surface area contributed by atoms with Crippen molar-refractivity contribution >= 4 is 11.5 Å². The Bertz CT molecular complexity index is 633. The van der Waals surface area contributed by atoms with E-state index >= 15 is 0 Å². The molecule has 0 radical (unpaired) electrons. The molecule has 0 fully saturated rings. The summed E-state index contributed by atoms with van der Waals surface area (Å²) < 4.78 is 7.48. The Balaban J connectivity index is 2.13. The minimum atomic E-state index is 0.0397. The van der Waals surface area contributed by atoms with Gasteiger partial charge in [-0.1, -0.05) is 0 Å². The molecule has 2 rings (SSSR count). The molecule has 0 atom stereocenters. The normalized spacial score (nSPS) is 11.0. The lowest BCUT2D eigenvalue weighted by Crippen LogP contribution is -2.10. The maximum absolute atomic E-state index is 5.87. The number of hydrogen-bond acceptors (Lipinski definition) is 5. The Kier molecular flexibility index (Phi) is 4.35. The highest BCUT2D eigenvalue weighted by molar-refractivity contribution is 5.53. The molecular weight excluding hydrogens is 266 g/mol. The zero-order chi connectivity index (χ0) is 15.6. The molecule has 2 aromatic rings. The van der Waals surface area contributed by atoms with Crippen LogP contribution in [0, 0.1) is 13.8 Å². The summed E-state index contributed by atoms with van der Waals surface area (Å²) in [6, 6.07) is 3.65. The molecule has 0 unspecified atom stereocenters. The number of nitrogen functional groups attached to an aromatic ring is 1. The van der Waals surface area contributed by atoms with E-state index in [2.05, 4.69) is 22.3 Å². The van der Waals surface area contributed by atoms with Gasteiger partial charge in [0.2, 0.25) is 5.88 Å². The number of aryl methyl sites for hydroxylation is 2. The van der Waals surface area contributed by atoms with E-state index in [1.54, 1.807) is 6.07 Å². The Morgan fingerprint density at radius 2 is 2.05 bits per heavy atom. The summed E-state index contributed by atoms with van der Waals surface area (Å²) in [6.45, 7) is 8.63. The molecule has 3 N–H and O–H groups in total. The van der Waals surface area contributed by atoms with E-state index in [-0.39, 0.29) is 6.10 Å². The van der Waals surface area contributed by atoms with Crippen LogP contribution in [0.3, 0.4) is 0 Å². The van der Waals surface area contributed by atoms with Crippen molar-refractivity contribution in [1.29, 1.82) is 0 Å². The van der Waals surface area contributed by atoms with Crippen molar-refractivity contribution in [2.24, 2.45) is 7.05 Å². The fraction of sp³-hybridized carbons (Fsp3) is 0.467. The molecule has 0 amide bonds. The number of pyridine rings is 1. The predicted molar refractivity (Wildman–Crippen MR) is 84.4 cm³/mol. The van der Waals surface area contributed by atoms with Gasteiger partial charge in [-0.3, -0.25) is 4.68 Å². The van der Waals surface area contributed by atoms with Gasteiger partial charge in [-0.05, 0) is 39.8 Å². The number of anilines is 2. The van der Waals surface area contributed by atoms with Gasteiger partial charge in [-0.25, -0.2) is 0 Å². The van der Waals surface area contributed by atoms with E-state index < -0.39 is 0 Å². The predicted octanol–water partition coefficient (Wildman–Crippen LogP) is 2.41. The lowest BCUT2D eigenvalue weighted by molar-refractivity contribution is 0.234. The van der Waals surface area contributed by atoms with E-state index in [0.29, 0.717) is 18.1 Å². The second-order valence-corrected chi connectivity index (χ2v) is 5.38. The lowest BCUT2D eigenvalue weighted by atomic mass is 10.2. The molecule has 114 valence electrons. The average Bonchev–Trinajstić information content (AvgIpc) is 2.64. The first-order valence-corrected chi connectivity index (χ1v) is 7.04. The third-order valence-electron chi connectivity index (χ3n) is 3.34. The SMILES string of the molecule is Cc1nn(C)c(C)c1CNc1ccc(N)c(OC(C)C)n1. The van der Waals surface area contributed by atoms with Gasteiger partial charge in [0.1, 0.15) is 5.82 Å². The van der Waals surface area contributed by atoms with Gasteiger partial charge in [0.25, 0.3) is 0 Å². The van der Waals surface area contributed by atoms with E-state index in [1.165, 1.54) is 5.56 Å². The summed E-state index contributed by atoms with van der Waals surface area (Å²) in [7, 11) is 1.95. The minimum Gasteiger partial charge on any atom is -0.473 e. The van der Waals surface area contributed by atoms with Crippen molar-refractivity contribution < 1.29 is 4.74 Å². The average molecular weight is 289 g/mol. The first-order valence-electron chi connectivity index (χ1n) is 7.04. The minimum absolute atomic E-state index is 0.0397. The van der Waals surface area contributed by atoms with Crippen LogP contribution in [0.15, 0.2) is 12.1 Å². The van der Waals surface area contributed by atoms with Crippen LogP contribution in [-0.4, -0.2) is 20.9 Å². The van der Waals surface area contributed by atoms with E-state index in [9.17, 15) is 0 Å². The Labute approximate surface area is 125 Å². The zero-order valence-electron chi connectivity index (χ0n) is 13.3. The quantitative estimate of drug-likeness (QED) is 0.883. The first kappa shape index (κ1) is 15.2. The van der Waals surface area contributed by atoms with E-state index in [1.807, 2.05) is 38.6 Å². The summed E-state index contributed by atoms with van der Waals surface area (Å²) in [5.74, 6) is 1.21. The van der Waals surface area contributed by atoms with Crippen LogP contribution in [-0.2, 0) is 13.6 Å². The summed E-state index contributed by atoms with van der Waals surface area (Å²) in [4.78, 5) is 4.41. The van der Waals surface area contributed by atoms with Gasteiger partial charge in [0, 0.05) is 24.8 Å². The molecule has 0 spiro atoms. The smallest absolute Gasteiger partial charge is 0.239 e. The van der Waals surface area contributed by atoms with Crippen molar-refractivity contribution in [3.8, 4) is 5.88 Å². The van der Waals surface area contributed by atoms with Crippen molar-refractivity contribution in [3.05, 3.63) is 29.1 Å². The van der Waals surface area contributed by atoms with Gasteiger partial charge < -0.3 is 15.8 Å².